The largest absolute Gasteiger partial charge is 0.495 e. The van der Waals surface area contributed by atoms with Gasteiger partial charge in [0, 0.05) is 32.2 Å². The van der Waals surface area contributed by atoms with Gasteiger partial charge >= 0.3 is 0 Å². The van der Waals surface area contributed by atoms with E-state index in [0.717, 1.165) is 5.69 Å². The van der Waals surface area contributed by atoms with Crippen LogP contribution >= 0.6 is 11.6 Å². The van der Waals surface area contributed by atoms with E-state index >= 15 is 0 Å². The zero-order valence-corrected chi connectivity index (χ0v) is 19.3. The first kappa shape index (κ1) is 23.3. The van der Waals surface area contributed by atoms with Gasteiger partial charge in [0.15, 0.2) is 0 Å². The third-order valence-corrected chi connectivity index (χ3v) is 7.05. The standard InChI is InChI=1S/C21H26ClN3O5S/c1-24(2)18-6-5-16(22)14-17(18)23-21(26)13-15-4-7-19(29-3)20(12-15)31(27,28)25-8-10-30-11-9-25/h4-7,12,14H,8-11,13H2,1-3H3,(H,23,26). The highest BCUT2D eigenvalue weighted by molar-refractivity contribution is 7.89. The molecule has 0 saturated carbocycles. The highest BCUT2D eigenvalue weighted by Gasteiger charge is 2.29. The monoisotopic (exact) mass is 467 g/mol. The Bertz CT molecular complexity index is 1050. The summed E-state index contributed by atoms with van der Waals surface area (Å²) in [4.78, 5) is 14.6. The normalized spacial score (nSPS) is 14.8. The summed E-state index contributed by atoms with van der Waals surface area (Å²) in [6, 6.07) is 9.99. The topological polar surface area (TPSA) is 88.2 Å². The van der Waals surface area contributed by atoms with Gasteiger partial charge in [-0.15, -0.1) is 0 Å². The maximum absolute atomic E-state index is 13.1. The first-order valence-electron chi connectivity index (χ1n) is 9.74. The van der Waals surface area contributed by atoms with Crippen molar-refractivity contribution in [2.75, 3.05) is 57.7 Å². The number of sulfonamides is 1. The molecule has 0 bridgehead atoms. The molecule has 8 nitrogen and oxygen atoms in total. The van der Waals surface area contributed by atoms with Crippen LogP contribution < -0.4 is 15.0 Å². The Morgan fingerprint density at radius 1 is 1.19 bits per heavy atom. The molecule has 2 aromatic carbocycles. The molecular formula is C21H26ClN3O5S. The lowest BCUT2D eigenvalue weighted by Crippen LogP contribution is -2.40. The molecule has 1 heterocycles. The third-order valence-electron chi connectivity index (χ3n) is 4.90. The number of nitrogens with one attached hydrogen (secondary N) is 1. The summed E-state index contributed by atoms with van der Waals surface area (Å²) in [6.07, 6.45) is -0.00495. The molecule has 168 valence electrons. The lowest BCUT2D eigenvalue weighted by Gasteiger charge is -2.26. The van der Waals surface area contributed by atoms with Gasteiger partial charge in [-0.1, -0.05) is 17.7 Å². The molecule has 0 aliphatic carbocycles. The van der Waals surface area contributed by atoms with Crippen LogP contribution in [0.25, 0.3) is 0 Å². The van der Waals surface area contributed by atoms with Gasteiger partial charge in [0.2, 0.25) is 15.9 Å². The van der Waals surface area contributed by atoms with Gasteiger partial charge in [-0.3, -0.25) is 4.79 Å². The van der Waals surface area contributed by atoms with Crippen LogP contribution in [0.15, 0.2) is 41.3 Å². The van der Waals surface area contributed by atoms with Crippen molar-refractivity contribution in [3.63, 3.8) is 0 Å². The van der Waals surface area contributed by atoms with Crippen LogP contribution in [-0.2, 0) is 26.0 Å². The summed E-state index contributed by atoms with van der Waals surface area (Å²) in [5.41, 5.74) is 1.94. The van der Waals surface area contributed by atoms with Gasteiger partial charge in [-0.2, -0.15) is 4.31 Å². The first-order chi connectivity index (χ1) is 14.7. The number of amides is 1. The molecule has 1 fully saturated rings. The minimum absolute atomic E-state index is 0.00495. The fourth-order valence-electron chi connectivity index (χ4n) is 3.34. The van der Waals surface area contributed by atoms with Gasteiger partial charge in [0.05, 0.1) is 38.1 Å². The Morgan fingerprint density at radius 3 is 2.55 bits per heavy atom. The zero-order valence-electron chi connectivity index (χ0n) is 17.7. The Morgan fingerprint density at radius 2 is 1.90 bits per heavy atom. The lowest BCUT2D eigenvalue weighted by atomic mass is 10.1. The molecule has 31 heavy (non-hydrogen) atoms. The summed E-state index contributed by atoms with van der Waals surface area (Å²) in [5.74, 6) is -0.0503. The molecule has 0 aromatic heterocycles. The zero-order chi connectivity index (χ0) is 22.6. The molecular weight excluding hydrogens is 442 g/mol. The maximum atomic E-state index is 13.1. The second-order valence-corrected chi connectivity index (χ2v) is 9.63. The van der Waals surface area contributed by atoms with Crippen LogP contribution in [0.5, 0.6) is 5.75 Å². The van der Waals surface area contributed by atoms with Crippen LogP contribution in [-0.4, -0.2) is 66.1 Å². The number of nitrogens with zero attached hydrogens (tertiary/aromatic N) is 2. The van der Waals surface area contributed by atoms with Gasteiger partial charge in [-0.05, 0) is 35.9 Å². The van der Waals surface area contributed by atoms with Gasteiger partial charge in [-0.25, -0.2) is 8.42 Å². The van der Waals surface area contributed by atoms with E-state index in [0.29, 0.717) is 29.5 Å². The number of methoxy groups -OCH3 is 1. The Labute approximate surface area is 187 Å². The van der Waals surface area contributed by atoms with E-state index in [9.17, 15) is 13.2 Å². The molecule has 0 spiro atoms. The summed E-state index contributed by atoms with van der Waals surface area (Å²) in [7, 11) is 1.38. The van der Waals surface area contributed by atoms with Crippen LogP contribution in [0, 0.1) is 0 Å². The molecule has 1 N–H and O–H groups in total. The SMILES string of the molecule is COc1ccc(CC(=O)Nc2cc(Cl)ccc2N(C)C)cc1S(=O)(=O)N1CCOCC1. The molecule has 0 unspecified atom stereocenters. The number of carbonyl (C=O) groups excluding carboxylic acids is 1. The predicted molar refractivity (Wildman–Crippen MR) is 121 cm³/mol. The smallest absolute Gasteiger partial charge is 0.246 e. The number of rotatable bonds is 7. The van der Waals surface area contributed by atoms with Crippen LogP contribution in [0.1, 0.15) is 5.56 Å². The number of benzene rings is 2. The predicted octanol–water partition coefficient (Wildman–Crippen LogP) is 2.62. The quantitative estimate of drug-likeness (QED) is 0.673. The number of carbonyl (C=O) groups is 1. The van der Waals surface area contributed by atoms with Crippen molar-refractivity contribution in [3.8, 4) is 5.75 Å². The number of ether oxygens (including phenoxy) is 2. The van der Waals surface area contributed by atoms with Gasteiger partial charge < -0.3 is 19.7 Å². The molecule has 1 aliphatic heterocycles. The Kier molecular flexibility index (Phi) is 7.42. The molecule has 2 aromatic rings. The van der Waals surface area contributed by atoms with E-state index in [4.69, 9.17) is 21.1 Å². The van der Waals surface area contributed by atoms with Crippen molar-refractivity contribution in [2.24, 2.45) is 0 Å². The van der Waals surface area contributed by atoms with E-state index in [1.807, 2.05) is 25.1 Å². The van der Waals surface area contributed by atoms with Crippen molar-refractivity contribution in [1.82, 2.24) is 4.31 Å². The molecule has 0 atom stereocenters. The lowest BCUT2D eigenvalue weighted by molar-refractivity contribution is -0.115. The number of anilines is 2. The minimum atomic E-state index is -3.77. The Hall–Kier alpha value is -2.33. The van der Waals surface area contributed by atoms with E-state index in [1.54, 1.807) is 24.3 Å². The molecule has 1 saturated heterocycles. The molecule has 3 rings (SSSR count). The van der Waals surface area contributed by atoms with E-state index < -0.39 is 10.0 Å². The van der Waals surface area contributed by atoms with Crippen molar-refractivity contribution in [3.05, 3.63) is 47.0 Å². The van der Waals surface area contributed by atoms with Crippen molar-refractivity contribution >= 4 is 38.9 Å². The van der Waals surface area contributed by atoms with Crippen LogP contribution in [0.4, 0.5) is 11.4 Å². The number of morpholine rings is 1. The number of hydrogen-bond acceptors (Lipinski definition) is 6. The fourth-order valence-corrected chi connectivity index (χ4v) is 5.12. The van der Waals surface area contributed by atoms with Crippen LogP contribution in [0.3, 0.4) is 0 Å². The first-order valence-corrected chi connectivity index (χ1v) is 11.6. The van der Waals surface area contributed by atoms with E-state index in [1.165, 1.54) is 17.5 Å². The molecule has 1 amide bonds. The average Bonchev–Trinajstić information content (AvgIpc) is 2.74. The summed E-state index contributed by atoms with van der Waals surface area (Å²) in [5, 5.41) is 3.36. The summed E-state index contributed by atoms with van der Waals surface area (Å²) in [6.45, 7) is 1.24. The summed E-state index contributed by atoms with van der Waals surface area (Å²) >= 11 is 6.08. The fraction of sp³-hybridized carbons (Fsp3) is 0.381. The summed E-state index contributed by atoms with van der Waals surface area (Å²) < 4.78 is 38.1. The maximum Gasteiger partial charge on any atom is 0.246 e. The van der Waals surface area contributed by atoms with E-state index in [-0.39, 0.29) is 36.1 Å². The van der Waals surface area contributed by atoms with E-state index in [2.05, 4.69) is 5.32 Å². The highest BCUT2D eigenvalue weighted by Crippen LogP contribution is 2.30. The number of hydrogen-bond donors (Lipinski definition) is 1. The highest BCUT2D eigenvalue weighted by atomic mass is 35.5. The third kappa shape index (κ3) is 5.48. The molecule has 10 heteroatoms. The minimum Gasteiger partial charge on any atom is -0.495 e. The second-order valence-electron chi connectivity index (χ2n) is 7.28. The Balaban J connectivity index is 1.84. The average molecular weight is 468 g/mol. The molecule has 1 aliphatic rings. The number of halogens is 1. The van der Waals surface area contributed by atoms with Gasteiger partial charge in [0.1, 0.15) is 10.6 Å². The van der Waals surface area contributed by atoms with Crippen molar-refractivity contribution in [1.29, 1.82) is 0 Å². The van der Waals surface area contributed by atoms with Gasteiger partial charge in [0.25, 0.3) is 0 Å². The molecule has 0 radical (unpaired) electrons. The van der Waals surface area contributed by atoms with Crippen molar-refractivity contribution < 1.29 is 22.7 Å². The van der Waals surface area contributed by atoms with Crippen LogP contribution in [0.2, 0.25) is 5.02 Å². The second kappa shape index (κ2) is 9.86. The van der Waals surface area contributed by atoms with Crippen molar-refractivity contribution in [2.45, 2.75) is 11.3 Å².